The Morgan fingerprint density at radius 1 is 1.24 bits per heavy atom. The highest BCUT2D eigenvalue weighted by Gasteiger charge is 2.30. The van der Waals surface area contributed by atoms with Crippen molar-refractivity contribution in [1.29, 1.82) is 5.26 Å². The van der Waals surface area contributed by atoms with Crippen molar-refractivity contribution in [2.75, 3.05) is 12.4 Å². The Morgan fingerprint density at radius 3 is 2.52 bits per heavy atom. The molecule has 10 nitrogen and oxygen atoms in total. The molecule has 2 aromatic rings. The molecule has 1 amide bonds. The van der Waals surface area contributed by atoms with Gasteiger partial charge in [0.15, 0.2) is 0 Å². The standard InChI is InChI=1S/C23H30N6O4/c1-23(2,3)33-22(31)27-17-9-7-6-8-16(17)26-18-10-14(11-24)19(21(30)32-5)20(28-18)15-12-25-29(4)13-15/h10,12-13,16-17H,6-9H2,1-5H3,(H,26,28)(H,27,31)/t16-,17+/m1/s1. The van der Waals surface area contributed by atoms with E-state index in [1.807, 2.05) is 20.8 Å². The van der Waals surface area contributed by atoms with Gasteiger partial charge in [-0.2, -0.15) is 10.4 Å². The number of carbonyl (C=O) groups excluding carboxylic acids is 2. The lowest BCUT2D eigenvalue weighted by atomic mass is 9.90. The normalized spacial score (nSPS) is 18.2. The van der Waals surface area contributed by atoms with Crippen LogP contribution in [0.25, 0.3) is 11.3 Å². The summed E-state index contributed by atoms with van der Waals surface area (Å²) in [4.78, 5) is 29.4. The van der Waals surface area contributed by atoms with Crippen LogP contribution in [0.5, 0.6) is 0 Å². The largest absolute Gasteiger partial charge is 0.465 e. The Hall–Kier alpha value is -3.61. The van der Waals surface area contributed by atoms with Gasteiger partial charge in [-0.1, -0.05) is 12.8 Å². The highest BCUT2D eigenvalue weighted by atomic mass is 16.6. The molecule has 0 aromatic carbocycles. The highest BCUT2D eigenvalue weighted by molar-refractivity contribution is 5.99. The number of methoxy groups -OCH3 is 1. The van der Waals surface area contributed by atoms with Gasteiger partial charge in [-0.15, -0.1) is 0 Å². The maximum Gasteiger partial charge on any atom is 0.407 e. The number of aromatic nitrogens is 3. The molecule has 0 saturated heterocycles. The fraction of sp³-hybridized carbons (Fsp3) is 0.522. The number of alkyl carbamates (subject to hydrolysis) is 1. The van der Waals surface area contributed by atoms with E-state index in [0.29, 0.717) is 17.1 Å². The Kier molecular flexibility index (Phi) is 7.21. The average molecular weight is 455 g/mol. The van der Waals surface area contributed by atoms with Gasteiger partial charge in [-0.25, -0.2) is 14.6 Å². The van der Waals surface area contributed by atoms with Crippen molar-refractivity contribution < 1.29 is 19.1 Å². The minimum Gasteiger partial charge on any atom is -0.465 e. The van der Waals surface area contributed by atoms with Crippen LogP contribution in [0.1, 0.15) is 62.4 Å². The molecule has 3 rings (SSSR count). The van der Waals surface area contributed by atoms with Crippen LogP contribution in [-0.4, -0.2) is 51.6 Å². The first-order valence-electron chi connectivity index (χ1n) is 10.9. The number of ether oxygens (including phenoxy) is 2. The minimum absolute atomic E-state index is 0.0885. The molecule has 2 aromatic heterocycles. The Bertz CT molecular complexity index is 1070. The van der Waals surface area contributed by atoms with E-state index in [-0.39, 0.29) is 23.2 Å². The van der Waals surface area contributed by atoms with E-state index < -0.39 is 17.7 Å². The summed E-state index contributed by atoms with van der Waals surface area (Å²) < 4.78 is 11.9. The van der Waals surface area contributed by atoms with Crippen molar-refractivity contribution in [3.8, 4) is 17.3 Å². The molecule has 2 N–H and O–H groups in total. The van der Waals surface area contributed by atoms with Crippen LogP contribution in [0.2, 0.25) is 0 Å². The van der Waals surface area contributed by atoms with Crippen LogP contribution in [0.4, 0.5) is 10.6 Å². The number of rotatable bonds is 5. The number of nitrogens with zero attached hydrogens (tertiary/aromatic N) is 4. The molecule has 0 unspecified atom stereocenters. The van der Waals surface area contributed by atoms with E-state index >= 15 is 0 Å². The van der Waals surface area contributed by atoms with E-state index in [4.69, 9.17) is 9.47 Å². The van der Waals surface area contributed by atoms with Gasteiger partial charge in [-0.05, 0) is 39.7 Å². The van der Waals surface area contributed by atoms with Gasteiger partial charge in [-0.3, -0.25) is 4.68 Å². The van der Waals surface area contributed by atoms with E-state index in [9.17, 15) is 14.9 Å². The number of pyridine rings is 1. The maximum atomic E-state index is 12.5. The summed E-state index contributed by atoms with van der Waals surface area (Å²) in [6, 6.07) is 3.33. The number of anilines is 1. The summed E-state index contributed by atoms with van der Waals surface area (Å²) in [5.41, 5.74) is 0.540. The van der Waals surface area contributed by atoms with Gasteiger partial charge in [0.1, 0.15) is 23.1 Å². The molecule has 2 heterocycles. The van der Waals surface area contributed by atoms with Crippen LogP contribution in [0.3, 0.4) is 0 Å². The zero-order valence-electron chi connectivity index (χ0n) is 19.6. The first-order valence-corrected chi connectivity index (χ1v) is 10.9. The zero-order valence-corrected chi connectivity index (χ0v) is 19.6. The summed E-state index contributed by atoms with van der Waals surface area (Å²) in [7, 11) is 3.02. The first kappa shape index (κ1) is 24.0. The van der Waals surface area contributed by atoms with Gasteiger partial charge in [0, 0.05) is 24.8 Å². The molecule has 1 aliphatic carbocycles. The zero-order chi connectivity index (χ0) is 24.2. The molecule has 1 aliphatic rings. The van der Waals surface area contributed by atoms with Crippen LogP contribution in [0, 0.1) is 11.3 Å². The molecular formula is C23H30N6O4. The number of hydrogen-bond donors (Lipinski definition) is 2. The lowest BCUT2D eigenvalue weighted by molar-refractivity contribution is 0.0487. The molecule has 33 heavy (non-hydrogen) atoms. The topological polar surface area (TPSA) is 131 Å². The monoisotopic (exact) mass is 454 g/mol. The second kappa shape index (κ2) is 9.90. The summed E-state index contributed by atoms with van der Waals surface area (Å²) in [6.07, 6.45) is 6.40. The molecule has 2 atom stereocenters. The molecule has 176 valence electrons. The smallest absolute Gasteiger partial charge is 0.407 e. The van der Waals surface area contributed by atoms with Crippen molar-refractivity contribution in [2.24, 2.45) is 7.05 Å². The Morgan fingerprint density at radius 2 is 1.94 bits per heavy atom. The highest BCUT2D eigenvalue weighted by Crippen LogP contribution is 2.29. The van der Waals surface area contributed by atoms with Crippen molar-refractivity contribution in [1.82, 2.24) is 20.1 Å². The molecule has 0 bridgehead atoms. The molecule has 0 spiro atoms. The third kappa shape index (κ3) is 6.00. The molecule has 0 aliphatic heterocycles. The van der Waals surface area contributed by atoms with Crippen molar-refractivity contribution in [3.05, 3.63) is 29.6 Å². The Balaban J connectivity index is 1.92. The summed E-state index contributed by atoms with van der Waals surface area (Å²) in [5, 5.41) is 20.2. The number of amides is 1. The van der Waals surface area contributed by atoms with Crippen LogP contribution < -0.4 is 10.6 Å². The second-order valence-electron chi connectivity index (χ2n) is 9.07. The van der Waals surface area contributed by atoms with Gasteiger partial charge in [0.25, 0.3) is 0 Å². The quantitative estimate of drug-likeness (QED) is 0.657. The second-order valence-corrected chi connectivity index (χ2v) is 9.07. The number of hydrogen-bond acceptors (Lipinski definition) is 8. The van der Waals surface area contributed by atoms with Crippen molar-refractivity contribution >= 4 is 17.9 Å². The summed E-state index contributed by atoms with van der Waals surface area (Å²) in [6.45, 7) is 5.46. The van der Waals surface area contributed by atoms with Crippen LogP contribution in [0.15, 0.2) is 18.5 Å². The van der Waals surface area contributed by atoms with Crippen LogP contribution >= 0.6 is 0 Å². The maximum absolute atomic E-state index is 12.5. The number of nitriles is 1. The van der Waals surface area contributed by atoms with Gasteiger partial charge in [0.2, 0.25) is 0 Å². The van der Waals surface area contributed by atoms with E-state index in [1.54, 1.807) is 24.1 Å². The first-order chi connectivity index (χ1) is 15.6. The lowest BCUT2D eigenvalue weighted by Gasteiger charge is -2.34. The number of carbonyl (C=O) groups is 2. The van der Waals surface area contributed by atoms with E-state index in [1.165, 1.54) is 13.2 Å². The molecule has 1 saturated carbocycles. The van der Waals surface area contributed by atoms with Gasteiger partial charge >= 0.3 is 12.1 Å². The van der Waals surface area contributed by atoms with Gasteiger partial charge in [0.05, 0.1) is 30.6 Å². The Labute approximate surface area is 193 Å². The SMILES string of the molecule is COC(=O)c1c(C#N)cc(N[C@@H]2CCCC[C@@H]2NC(=O)OC(C)(C)C)nc1-c1cnn(C)c1. The lowest BCUT2D eigenvalue weighted by Crippen LogP contribution is -2.49. The van der Waals surface area contributed by atoms with E-state index in [2.05, 4.69) is 26.8 Å². The molecular weight excluding hydrogens is 424 g/mol. The fourth-order valence-electron chi connectivity index (χ4n) is 3.89. The average Bonchev–Trinajstić information content (AvgIpc) is 3.18. The predicted molar refractivity (Wildman–Crippen MR) is 122 cm³/mol. The summed E-state index contributed by atoms with van der Waals surface area (Å²) in [5.74, 6) is -0.215. The number of nitrogens with one attached hydrogen (secondary N) is 2. The molecule has 0 radical (unpaired) electrons. The van der Waals surface area contributed by atoms with Crippen molar-refractivity contribution in [2.45, 2.75) is 64.1 Å². The minimum atomic E-state index is -0.647. The van der Waals surface area contributed by atoms with E-state index in [0.717, 1.165) is 25.7 Å². The third-order valence-corrected chi connectivity index (χ3v) is 5.31. The van der Waals surface area contributed by atoms with Crippen molar-refractivity contribution in [3.63, 3.8) is 0 Å². The number of esters is 1. The summed E-state index contributed by atoms with van der Waals surface area (Å²) >= 11 is 0. The predicted octanol–water partition coefficient (Wildman–Crippen LogP) is 3.39. The molecule has 10 heteroatoms. The third-order valence-electron chi connectivity index (χ3n) is 5.31. The number of aryl methyl sites for hydroxylation is 1. The fourth-order valence-corrected chi connectivity index (χ4v) is 3.89. The van der Waals surface area contributed by atoms with Gasteiger partial charge < -0.3 is 20.1 Å². The van der Waals surface area contributed by atoms with Crippen LogP contribution in [-0.2, 0) is 16.5 Å². The molecule has 1 fully saturated rings.